The quantitative estimate of drug-likeness (QED) is 0.256. The van der Waals surface area contributed by atoms with Gasteiger partial charge in [-0.3, -0.25) is 4.79 Å². The maximum atomic E-state index is 12.9. The van der Waals surface area contributed by atoms with Gasteiger partial charge in [-0.25, -0.2) is 14.8 Å². The van der Waals surface area contributed by atoms with Gasteiger partial charge in [-0.2, -0.15) is 0 Å². The van der Waals surface area contributed by atoms with E-state index < -0.39 is 18.5 Å². The van der Waals surface area contributed by atoms with Crippen LogP contribution in [0.5, 0.6) is 11.5 Å². The Balaban J connectivity index is 1.22. The van der Waals surface area contributed by atoms with Gasteiger partial charge in [0.25, 0.3) is 5.91 Å². The Hall–Kier alpha value is -5.24. The molecular weight excluding hydrogens is 518 g/mol. The molecule has 204 valence electrons. The van der Waals surface area contributed by atoms with Gasteiger partial charge in [0.1, 0.15) is 13.2 Å². The lowest BCUT2D eigenvalue weighted by atomic mass is 10.0. The first-order chi connectivity index (χ1) is 19.9. The van der Waals surface area contributed by atoms with E-state index in [9.17, 15) is 9.59 Å². The minimum atomic E-state index is -0.634. The standard InChI is InChI=1S/C33H27N3O5/c1-20-3-7-22(8-4-20)31-32(23-9-5-21(2)6-10-23)36-27-17-24(11-13-26(27)35-31)33(38)41-19-30(37)34-25-12-14-28-29(18-25)40-16-15-39-28/h3-14,17-18H,15-16,19H2,1-2H3,(H,34,37). The van der Waals surface area contributed by atoms with E-state index in [1.165, 1.54) is 0 Å². The van der Waals surface area contributed by atoms with Gasteiger partial charge in [0.15, 0.2) is 18.1 Å². The highest BCUT2D eigenvalue weighted by atomic mass is 16.6. The molecule has 0 radical (unpaired) electrons. The molecule has 0 fully saturated rings. The van der Waals surface area contributed by atoms with Crippen molar-refractivity contribution in [3.8, 4) is 34.0 Å². The zero-order chi connectivity index (χ0) is 28.3. The Labute approximate surface area is 236 Å². The predicted octanol–water partition coefficient (Wildman–Crippen LogP) is 6.15. The van der Waals surface area contributed by atoms with Crippen molar-refractivity contribution in [1.82, 2.24) is 9.97 Å². The highest BCUT2D eigenvalue weighted by molar-refractivity contribution is 5.98. The number of hydrogen-bond acceptors (Lipinski definition) is 7. The van der Waals surface area contributed by atoms with Crippen molar-refractivity contribution in [2.24, 2.45) is 0 Å². The smallest absolute Gasteiger partial charge is 0.338 e. The molecule has 0 saturated carbocycles. The lowest BCUT2D eigenvalue weighted by Crippen LogP contribution is -2.21. The number of rotatable bonds is 6. The summed E-state index contributed by atoms with van der Waals surface area (Å²) >= 11 is 0. The van der Waals surface area contributed by atoms with Crippen molar-refractivity contribution in [3.05, 3.63) is 102 Å². The molecule has 0 saturated heterocycles. The number of nitrogens with one attached hydrogen (secondary N) is 1. The molecule has 8 nitrogen and oxygen atoms in total. The average molecular weight is 546 g/mol. The highest BCUT2D eigenvalue weighted by Gasteiger charge is 2.17. The maximum absolute atomic E-state index is 12.9. The monoisotopic (exact) mass is 545 g/mol. The molecule has 1 amide bonds. The first-order valence-corrected chi connectivity index (χ1v) is 13.3. The summed E-state index contributed by atoms with van der Waals surface area (Å²) in [5, 5.41) is 2.71. The van der Waals surface area contributed by atoms with E-state index in [0.29, 0.717) is 47.1 Å². The summed E-state index contributed by atoms with van der Waals surface area (Å²) in [7, 11) is 0. The van der Waals surface area contributed by atoms with E-state index in [-0.39, 0.29) is 5.56 Å². The van der Waals surface area contributed by atoms with Crippen LogP contribution in [0, 0.1) is 13.8 Å². The third-order valence-electron chi connectivity index (χ3n) is 6.71. The van der Waals surface area contributed by atoms with Crippen LogP contribution in [0.15, 0.2) is 84.9 Å². The molecule has 5 aromatic rings. The van der Waals surface area contributed by atoms with E-state index in [1.807, 2.05) is 62.4 Å². The van der Waals surface area contributed by atoms with Crippen molar-refractivity contribution in [2.45, 2.75) is 13.8 Å². The number of nitrogens with zero attached hydrogens (tertiary/aromatic N) is 2. The van der Waals surface area contributed by atoms with Crippen molar-refractivity contribution in [3.63, 3.8) is 0 Å². The molecule has 1 aliphatic rings. The first-order valence-electron chi connectivity index (χ1n) is 13.3. The third kappa shape index (κ3) is 5.72. The molecule has 1 N–H and O–H groups in total. The van der Waals surface area contributed by atoms with Crippen LogP contribution in [-0.4, -0.2) is 41.7 Å². The Kier molecular flexibility index (Phi) is 7.04. The molecule has 6 rings (SSSR count). The molecule has 1 aromatic heterocycles. The molecular formula is C33H27N3O5. The van der Waals surface area contributed by atoms with Crippen molar-refractivity contribution < 1.29 is 23.8 Å². The van der Waals surface area contributed by atoms with Gasteiger partial charge in [0.2, 0.25) is 0 Å². The minimum absolute atomic E-state index is 0.275. The number of anilines is 1. The van der Waals surface area contributed by atoms with Crippen molar-refractivity contribution in [2.75, 3.05) is 25.1 Å². The second kappa shape index (κ2) is 11.1. The maximum Gasteiger partial charge on any atom is 0.338 e. The van der Waals surface area contributed by atoms with Gasteiger partial charge in [-0.1, -0.05) is 59.7 Å². The molecule has 2 heterocycles. The van der Waals surface area contributed by atoms with E-state index in [2.05, 4.69) is 5.32 Å². The SMILES string of the molecule is Cc1ccc(-c2nc3ccc(C(=O)OCC(=O)Nc4ccc5c(c4)OCCO5)cc3nc2-c2ccc(C)cc2)cc1. The van der Waals surface area contributed by atoms with Crippen molar-refractivity contribution >= 4 is 28.6 Å². The number of benzene rings is 4. The fourth-order valence-electron chi connectivity index (χ4n) is 4.54. The molecule has 0 aliphatic carbocycles. The van der Waals surface area contributed by atoms with E-state index in [4.69, 9.17) is 24.2 Å². The van der Waals surface area contributed by atoms with Crippen LogP contribution in [0.4, 0.5) is 5.69 Å². The van der Waals surface area contributed by atoms with Gasteiger partial charge in [-0.05, 0) is 44.2 Å². The van der Waals surface area contributed by atoms with Gasteiger partial charge < -0.3 is 19.5 Å². The second-order valence-electron chi connectivity index (χ2n) is 9.84. The van der Waals surface area contributed by atoms with E-state index >= 15 is 0 Å². The first kappa shape index (κ1) is 26.0. The number of fused-ring (bicyclic) bond motifs is 2. The summed E-state index contributed by atoms with van der Waals surface area (Å²) < 4.78 is 16.3. The van der Waals surface area contributed by atoms with Crippen LogP contribution in [0.3, 0.4) is 0 Å². The van der Waals surface area contributed by atoms with Crippen molar-refractivity contribution in [1.29, 1.82) is 0 Å². The minimum Gasteiger partial charge on any atom is -0.486 e. The normalized spacial score (nSPS) is 12.1. The third-order valence-corrected chi connectivity index (χ3v) is 6.71. The summed E-state index contributed by atoms with van der Waals surface area (Å²) in [4.78, 5) is 35.2. The molecule has 8 heteroatoms. The molecule has 41 heavy (non-hydrogen) atoms. The van der Waals surface area contributed by atoms with Crippen LogP contribution in [0.25, 0.3) is 33.5 Å². The van der Waals surface area contributed by atoms with E-state index in [1.54, 1.807) is 36.4 Å². The number of aromatic nitrogens is 2. The number of amides is 1. The fourth-order valence-corrected chi connectivity index (χ4v) is 4.54. The Morgan fingerprint density at radius 2 is 1.34 bits per heavy atom. The fraction of sp³-hybridized carbons (Fsp3) is 0.152. The Bertz CT molecular complexity index is 1770. The number of carbonyl (C=O) groups excluding carboxylic acids is 2. The van der Waals surface area contributed by atoms with Crippen LogP contribution in [0.1, 0.15) is 21.5 Å². The van der Waals surface area contributed by atoms with Gasteiger partial charge >= 0.3 is 5.97 Å². The summed E-state index contributed by atoms with van der Waals surface area (Å²) in [6.45, 7) is 4.55. The topological polar surface area (TPSA) is 99.6 Å². The number of ether oxygens (including phenoxy) is 3. The number of aryl methyl sites for hydroxylation is 2. The Morgan fingerprint density at radius 1 is 0.732 bits per heavy atom. The lowest BCUT2D eigenvalue weighted by Gasteiger charge is -2.19. The van der Waals surface area contributed by atoms with E-state index in [0.717, 1.165) is 27.9 Å². The van der Waals surface area contributed by atoms with Gasteiger partial charge in [0, 0.05) is 22.9 Å². The van der Waals surface area contributed by atoms with Gasteiger partial charge in [0.05, 0.1) is 28.0 Å². The highest BCUT2D eigenvalue weighted by Crippen LogP contribution is 2.33. The van der Waals surface area contributed by atoms with Gasteiger partial charge in [-0.15, -0.1) is 0 Å². The second-order valence-corrected chi connectivity index (χ2v) is 9.84. The largest absolute Gasteiger partial charge is 0.486 e. The number of carbonyl (C=O) groups is 2. The lowest BCUT2D eigenvalue weighted by molar-refractivity contribution is -0.119. The summed E-state index contributed by atoms with van der Waals surface area (Å²) in [5.74, 6) is 0.0704. The van der Waals surface area contributed by atoms with Crippen LogP contribution < -0.4 is 14.8 Å². The Morgan fingerprint density at radius 3 is 2.00 bits per heavy atom. The summed E-state index contributed by atoms with van der Waals surface area (Å²) in [5.41, 5.74) is 7.62. The number of esters is 1. The summed E-state index contributed by atoms with van der Waals surface area (Å²) in [6, 6.07) is 26.4. The molecule has 0 bridgehead atoms. The molecule has 0 atom stereocenters. The van der Waals surface area contributed by atoms with Crippen LogP contribution in [-0.2, 0) is 9.53 Å². The average Bonchev–Trinajstić information content (AvgIpc) is 2.99. The molecule has 0 spiro atoms. The zero-order valence-electron chi connectivity index (χ0n) is 22.6. The van der Waals surface area contributed by atoms with Crippen LogP contribution >= 0.6 is 0 Å². The zero-order valence-corrected chi connectivity index (χ0v) is 22.6. The molecule has 0 unspecified atom stereocenters. The molecule has 1 aliphatic heterocycles. The van der Waals surface area contributed by atoms with Crippen LogP contribution in [0.2, 0.25) is 0 Å². The summed E-state index contributed by atoms with van der Waals surface area (Å²) in [6.07, 6.45) is 0. The number of hydrogen-bond donors (Lipinski definition) is 1. The predicted molar refractivity (Wildman–Crippen MR) is 156 cm³/mol. The molecule has 4 aromatic carbocycles.